The van der Waals surface area contributed by atoms with E-state index in [1.807, 2.05) is 24.3 Å². The third kappa shape index (κ3) is 4.35. The number of amides is 1. The zero-order valence-corrected chi connectivity index (χ0v) is 16.7. The zero-order chi connectivity index (χ0) is 20.2. The van der Waals surface area contributed by atoms with E-state index in [-0.39, 0.29) is 5.91 Å². The highest BCUT2D eigenvalue weighted by atomic mass is 16.5. The van der Waals surface area contributed by atoms with Crippen LogP contribution in [0.5, 0.6) is 11.5 Å². The summed E-state index contributed by atoms with van der Waals surface area (Å²) in [6, 6.07) is 13.2. The molecule has 152 valence electrons. The number of ether oxygens (including phenoxy) is 2. The van der Waals surface area contributed by atoms with Crippen molar-refractivity contribution in [1.82, 2.24) is 9.88 Å². The van der Waals surface area contributed by atoms with Gasteiger partial charge < -0.3 is 19.2 Å². The molecule has 1 aliphatic rings. The Morgan fingerprint density at radius 3 is 2.69 bits per heavy atom. The van der Waals surface area contributed by atoms with Crippen molar-refractivity contribution in [1.29, 1.82) is 0 Å². The highest BCUT2D eigenvalue weighted by molar-refractivity contribution is 5.94. The molecule has 0 aliphatic carbocycles. The Kier molecular flexibility index (Phi) is 5.67. The molecule has 0 spiro atoms. The molecule has 1 aromatic heterocycles. The van der Waals surface area contributed by atoms with Gasteiger partial charge in [0, 0.05) is 12.0 Å². The van der Waals surface area contributed by atoms with Gasteiger partial charge in [-0.2, -0.15) is 0 Å². The zero-order valence-electron chi connectivity index (χ0n) is 16.7. The lowest BCUT2D eigenvalue weighted by molar-refractivity contribution is -0.117. The monoisotopic (exact) mass is 395 g/mol. The minimum atomic E-state index is -0.0723. The topological polar surface area (TPSA) is 76.8 Å². The van der Waals surface area contributed by atoms with Crippen LogP contribution in [0, 0.1) is 0 Å². The number of rotatable bonds is 6. The highest BCUT2D eigenvalue weighted by Gasteiger charge is 2.25. The summed E-state index contributed by atoms with van der Waals surface area (Å²) in [6.07, 6.45) is 1.84. The van der Waals surface area contributed by atoms with E-state index in [4.69, 9.17) is 13.9 Å². The average molecular weight is 395 g/mol. The minimum absolute atomic E-state index is 0.0723. The number of hydrogen-bond donors (Lipinski definition) is 1. The molecule has 2 aromatic carbocycles. The molecule has 0 atom stereocenters. The number of nitrogens with one attached hydrogen (secondary N) is 1. The Labute approximate surface area is 169 Å². The number of carbonyl (C=O) groups is 1. The van der Waals surface area contributed by atoms with Crippen LogP contribution in [0.2, 0.25) is 0 Å². The van der Waals surface area contributed by atoms with E-state index >= 15 is 0 Å². The van der Waals surface area contributed by atoms with Crippen molar-refractivity contribution >= 4 is 22.7 Å². The molecule has 7 nitrogen and oxygen atoms in total. The lowest BCUT2D eigenvalue weighted by atomic mass is 9.97. The molecule has 0 unspecified atom stereocenters. The summed E-state index contributed by atoms with van der Waals surface area (Å²) in [7, 11) is 3.17. The first kappa shape index (κ1) is 19.3. The summed E-state index contributed by atoms with van der Waals surface area (Å²) >= 11 is 0. The van der Waals surface area contributed by atoms with Gasteiger partial charge in [-0.3, -0.25) is 9.69 Å². The van der Waals surface area contributed by atoms with Crippen molar-refractivity contribution in [3.8, 4) is 11.5 Å². The van der Waals surface area contributed by atoms with Gasteiger partial charge in [-0.05, 0) is 50.2 Å². The number of methoxy groups -OCH3 is 2. The number of oxazole rings is 1. The molecular formula is C22H25N3O4. The number of benzene rings is 2. The maximum absolute atomic E-state index is 12.5. The Morgan fingerprint density at radius 2 is 1.97 bits per heavy atom. The summed E-state index contributed by atoms with van der Waals surface area (Å²) in [5.41, 5.74) is 2.34. The van der Waals surface area contributed by atoms with Crippen LogP contribution in [-0.2, 0) is 4.79 Å². The number of piperidine rings is 1. The molecule has 1 amide bonds. The number of carbonyl (C=O) groups excluding carboxylic acids is 1. The van der Waals surface area contributed by atoms with E-state index in [2.05, 4.69) is 15.2 Å². The number of hydrogen-bond acceptors (Lipinski definition) is 6. The van der Waals surface area contributed by atoms with Crippen molar-refractivity contribution in [2.45, 2.75) is 18.8 Å². The predicted octanol–water partition coefficient (Wildman–Crippen LogP) is 3.66. The van der Waals surface area contributed by atoms with E-state index in [0.717, 1.165) is 42.9 Å². The lowest BCUT2D eigenvalue weighted by Gasteiger charge is -2.30. The maximum Gasteiger partial charge on any atom is 0.238 e. The Balaban J connectivity index is 1.33. The Morgan fingerprint density at radius 1 is 1.17 bits per heavy atom. The quantitative estimate of drug-likeness (QED) is 0.686. The van der Waals surface area contributed by atoms with E-state index in [1.165, 1.54) is 0 Å². The molecule has 7 heteroatoms. The maximum atomic E-state index is 12.5. The third-order valence-electron chi connectivity index (χ3n) is 5.30. The van der Waals surface area contributed by atoms with Gasteiger partial charge >= 0.3 is 0 Å². The Bertz CT molecular complexity index is 960. The van der Waals surface area contributed by atoms with Crippen molar-refractivity contribution in [2.75, 3.05) is 39.2 Å². The lowest BCUT2D eigenvalue weighted by Crippen LogP contribution is -2.38. The summed E-state index contributed by atoms with van der Waals surface area (Å²) in [4.78, 5) is 19.3. The molecule has 0 radical (unpaired) electrons. The van der Waals surface area contributed by atoms with Gasteiger partial charge in [-0.15, -0.1) is 0 Å². The summed E-state index contributed by atoms with van der Waals surface area (Å²) in [5, 5.41) is 2.93. The third-order valence-corrected chi connectivity index (χ3v) is 5.30. The molecular weight excluding hydrogens is 370 g/mol. The largest absolute Gasteiger partial charge is 0.497 e. The fourth-order valence-corrected chi connectivity index (χ4v) is 3.71. The fraction of sp³-hybridized carbons (Fsp3) is 0.364. The summed E-state index contributed by atoms with van der Waals surface area (Å²) < 4.78 is 16.5. The van der Waals surface area contributed by atoms with Gasteiger partial charge in [0.2, 0.25) is 5.91 Å². The van der Waals surface area contributed by atoms with E-state index < -0.39 is 0 Å². The number of aromatic nitrogens is 1. The molecule has 2 heterocycles. The number of fused-ring (bicyclic) bond motifs is 1. The van der Waals surface area contributed by atoms with Crippen LogP contribution in [0.1, 0.15) is 24.7 Å². The predicted molar refractivity (Wildman–Crippen MR) is 111 cm³/mol. The second-order valence-electron chi connectivity index (χ2n) is 7.18. The van der Waals surface area contributed by atoms with Crippen LogP contribution in [0.15, 0.2) is 46.9 Å². The van der Waals surface area contributed by atoms with Gasteiger partial charge in [0.1, 0.15) is 17.0 Å². The van der Waals surface area contributed by atoms with E-state index in [1.54, 1.807) is 32.4 Å². The van der Waals surface area contributed by atoms with E-state index in [0.29, 0.717) is 29.6 Å². The van der Waals surface area contributed by atoms with Crippen molar-refractivity contribution in [2.24, 2.45) is 0 Å². The van der Waals surface area contributed by atoms with Crippen molar-refractivity contribution in [3.05, 3.63) is 48.4 Å². The first-order chi connectivity index (χ1) is 14.2. The average Bonchev–Trinajstić information content (AvgIpc) is 3.18. The number of anilines is 1. The van der Waals surface area contributed by atoms with Crippen molar-refractivity contribution < 1.29 is 18.7 Å². The van der Waals surface area contributed by atoms with Crippen LogP contribution >= 0.6 is 0 Å². The summed E-state index contributed by atoms with van der Waals surface area (Å²) in [5.74, 6) is 2.29. The van der Waals surface area contributed by atoms with Gasteiger partial charge in [0.15, 0.2) is 11.5 Å². The number of nitrogens with zero attached hydrogens (tertiary/aromatic N) is 2. The standard InChI is InChI=1S/C22H25N3O4/c1-27-16-7-8-19(28-2)18(13-16)23-21(26)14-25-11-9-15(10-12-25)22-24-17-5-3-4-6-20(17)29-22/h3-8,13,15H,9-12,14H2,1-2H3,(H,23,26). The van der Waals surface area contributed by atoms with Crippen LogP contribution < -0.4 is 14.8 Å². The smallest absolute Gasteiger partial charge is 0.238 e. The van der Waals surface area contributed by atoms with Crippen LogP contribution in [0.25, 0.3) is 11.1 Å². The normalized spacial score (nSPS) is 15.4. The van der Waals surface area contributed by atoms with Gasteiger partial charge in [-0.25, -0.2) is 4.98 Å². The molecule has 3 aromatic rings. The number of para-hydroxylation sites is 2. The molecule has 1 aliphatic heterocycles. The van der Waals surface area contributed by atoms with Gasteiger partial charge in [-0.1, -0.05) is 12.1 Å². The van der Waals surface area contributed by atoms with Crippen LogP contribution in [-0.4, -0.2) is 49.6 Å². The fourth-order valence-electron chi connectivity index (χ4n) is 3.71. The van der Waals surface area contributed by atoms with Crippen LogP contribution in [0.4, 0.5) is 5.69 Å². The second-order valence-corrected chi connectivity index (χ2v) is 7.18. The summed E-state index contributed by atoms with van der Waals surface area (Å²) in [6.45, 7) is 1.98. The first-order valence-electron chi connectivity index (χ1n) is 9.76. The molecule has 29 heavy (non-hydrogen) atoms. The second kappa shape index (κ2) is 8.53. The molecule has 4 rings (SSSR count). The van der Waals surface area contributed by atoms with E-state index in [9.17, 15) is 4.79 Å². The van der Waals surface area contributed by atoms with Gasteiger partial charge in [0.25, 0.3) is 0 Å². The minimum Gasteiger partial charge on any atom is -0.497 e. The molecule has 1 N–H and O–H groups in total. The Hall–Kier alpha value is -3.06. The highest BCUT2D eigenvalue weighted by Crippen LogP contribution is 2.31. The first-order valence-corrected chi connectivity index (χ1v) is 9.76. The number of likely N-dealkylation sites (tertiary alicyclic amines) is 1. The SMILES string of the molecule is COc1ccc(OC)c(NC(=O)CN2CCC(c3nc4ccccc4o3)CC2)c1. The van der Waals surface area contributed by atoms with Crippen molar-refractivity contribution in [3.63, 3.8) is 0 Å². The van der Waals surface area contributed by atoms with Crippen LogP contribution in [0.3, 0.4) is 0 Å². The molecule has 1 saturated heterocycles. The molecule has 1 fully saturated rings. The molecule has 0 bridgehead atoms. The molecule has 0 saturated carbocycles. The van der Waals surface area contributed by atoms with Gasteiger partial charge in [0.05, 0.1) is 26.5 Å².